The van der Waals surface area contributed by atoms with E-state index in [4.69, 9.17) is 0 Å². The van der Waals surface area contributed by atoms with Crippen molar-refractivity contribution in [2.24, 2.45) is 0 Å². The summed E-state index contributed by atoms with van der Waals surface area (Å²) < 4.78 is 13.8. The molecule has 1 heterocycles. The van der Waals surface area contributed by atoms with Crippen molar-refractivity contribution in [3.63, 3.8) is 0 Å². The van der Waals surface area contributed by atoms with Gasteiger partial charge in [0.05, 0.1) is 16.9 Å². The number of nitrogens with one attached hydrogen (secondary N) is 2. The van der Waals surface area contributed by atoms with E-state index in [-0.39, 0.29) is 5.69 Å². The average Bonchev–Trinajstić information content (AvgIpc) is 2.44. The van der Waals surface area contributed by atoms with Gasteiger partial charge in [-0.25, -0.2) is 14.4 Å². The summed E-state index contributed by atoms with van der Waals surface area (Å²) in [6.07, 6.45) is 2.80. The number of benzene rings is 1. The minimum Gasteiger partial charge on any atom is -0.372 e. The van der Waals surface area contributed by atoms with Gasteiger partial charge in [0.1, 0.15) is 17.3 Å². The van der Waals surface area contributed by atoms with Crippen LogP contribution in [0.3, 0.4) is 0 Å². The normalized spacial score (nSPS) is 10.2. The van der Waals surface area contributed by atoms with E-state index in [0.29, 0.717) is 16.0 Å². The fourth-order valence-electron chi connectivity index (χ4n) is 1.54. The Morgan fingerprint density at radius 1 is 1.30 bits per heavy atom. The van der Waals surface area contributed by atoms with Crippen LogP contribution in [0, 0.1) is 12.7 Å². The lowest BCUT2D eigenvalue weighted by atomic mass is 10.2. The molecule has 0 radical (unpaired) electrons. The fraction of sp³-hybridized carbons (Fsp3) is 0.154. The van der Waals surface area contributed by atoms with E-state index in [9.17, 15) is 9.18 Å². The van der Waals surface area contributed by atoms with Crippen molar-refractivity contribution in [2.75, 3.05) is 17.7 Å². The first kappa shape index (κ1) is 14.4. The predicted molar refractivity (Wildman–Crippen MR) is 78.4 cm³/mol. The van der Waals surface area contributed by atoms with Crippen molar-refractivity contribution in [3.8, 4) is 0 Å². The zero-order chi connectivity index (χ0) is 14.7. The lowest BCUT2D eigenvalue weighted by Gasteiger charge is -2.09. The number of halogens is 2. The Morgan fingerprint density at radius 3 is 2.65 bits per heavy atom. The summed E-state index contributed by atoms with van der Waals surface area (Å²) in [4.78, 5) is 20.0. The third kappa shape index (κ3) is 3.11. The van der Waals surface area contributed by atoms with Crippen molar-refractivity contribution >= 4 is 33.3 Å². The van der Waals surface area contributed by atoms with Gasteiger partial charge >= 0.3 is 0 Å². The third-order valence-electron chi connectivity index (χ3n) is 2.66. The molecule has 1 amide bonds. The molecule has 0 spiro atoms. The predicted octanol–water partition coefficient (Wildman–Crippen LogP) is 2.98. The first-order valence-electron chi connectivity index (χ1n) is 5.78. The van der Waals surface area contributed by atoms with Crippen molar-refractivity contribution < 1.29 is 9.18 Å². The maximum atomic E-state index is 13.5. The van der Waals surface area contributed by atoms with E-state index < -0.39 is 11.7 Å². The van der Waals surface area contributed by atoms with Gasteiger partial charge in [-0.15, -0.1) is 0 Å². The number of carbonyl (C=O) groups is 1. The van der Waals surface area contributed by atoms with Crippen LogP contribution < -0.4 is 10.6 Å². The number of carbonyl (C=O) groups excluding carboxylic acids is 1. The van der Waals surface area contributed by atoms with Gasteiger partial charge in [0, 0.05) is 12.7 Å². The number of nitrogens with zero attached hydrogens (tertiary/aromatic N) is 2. The molecule has 104 valence electrons. The van der Waals surface area contributed by atoms with E-state index >= 15 is 0 Å². The number of amides is 1. The highest BCUT2D eigenvalue weighted by atomic mass is 79.9. The summed E-state index contributed by atoms with van der Waals surface area (Å²) in [5, 5.41) is 5.41. The number of rotatable bonds is 3. The molecular formula is C13H12BrFN4O. The van der Waals surface area contributed by atoms with Gasteiger partial charge in [0.15, 0.2) is 0 Å². The smallest absolute Gasteiger partial charge is 0.275 e. The molecule has 0 unspecified atom stereocenters. The van der Waals surface area contributed by atoms with Crippen molar-refractivity contribution in [1.29, 1.82) is 0 Å². The van der Waals surface area contributed by atoms with Gasteiger partial charge in [-0.3, -0.25) is 4.79 Å². The molecule has 0 aliphatic carbocycles. The molecule has 0 bridgehead atoms. The Hall–Kier alpha value is -2.02. The topological polar surface area (TPSA) is 66.9 Å². The van der Waals surface area contributed by atoms with Gasteiger partial charge < -0.3 is 10.6 Å². The van der Waals surface area contributed by atoms with Crippen LogP contribution in [0.4, 0.5) is 15.9 Å². The average molecular weight is 339 g/mol. The summed E-state index contributed by atoms with van der Waals surface area (Å²) in [5.74, 6) is -0.320. The van der Waals surface area contributed by atoms with Crippen molar-refractivity contribution in [3.05, 3.63) is 46.1 Å². The van der Waals surface area contributed by atoms with Crippen molar-refractivity contribution in [1.82, 2.24) is 9.97 Å². The standard InChI is InChI=1S/C13H12BrFN4O/c1-7-3-8(14)9(15)4-10(7)19-13(20)11-5-18-12(16-2)6-17-11/h3-6H,1-2H3,(H,16,18)(H,19,20). The molecule has 0 fully saturated rings. The second kappa shape index (κ2) is 5.96. The van der Waals surface area contributed by atoms with Crippen LogP contribution >= 0.6 is 15.9 Å². The highest BCUT2D eigenvalue weighted by Crippen LogP contribution is 2.24. The first-order valence-corrected chi connectivity index (χ1v) is 6.57. The highest BCUT2D eigenvalue weighted by Gasteiger charge is 2.12. The van der Waals surface area contributed by atoms with Crippen LogP contribution in [0.2, 0.25) is 0 Å². The van der Waals surface area contributed by atoms with Crippen LogP contribution in [0.25, 0.3) is 0 Å². The molecule has 0 saturated heterocycles. The summed E-state index contributed by atoms with van der Waals surface area (Å²) in [5.41, 5.74) is 1.30. The summed E-state index contributed by atoms with van der Waals surface area (Å²) in [7, 11) is 1.71. The summed E-state index contributed by atoms with van der Waals surface area (Å²) in [6, 6.07) is 2.85. The largest absolute Gasteiger partial charge is 0.372 e. The fourth-order valence-corrected chi connectivity index (χ4v) is 2.00. The number of anilines is 2. The zero-order valence-corrected chi connectivity index (χ0v) is 12.5. The number of hydrogen-bond donors (Lipinski definition) is 2. The van der Waals surface area contributed by atoms with Gasteiger partial charge in [0.2, 0.25) is 0 Å². The van der Waals surface area contributed by atoms with Crippen LogP contribution in [0.15, 0.2) is 29.0 Å². The quantitative estimate of drug-likeness (QED) is 0.902. The van der Waals surface area contributed by atoms with E-state index in [1.165, 1.54) is 18.5 Å². The lowest BCUT2D eigenvalue weighted by molar-refractivity contribution is 0.102. The number of aromatic nitrogens is 2. The SMILES string of the molecule is CNc1cnc(C(=O)Nc2cc(F)c(Br)cc2C)cn1. The molecule has 2 N–H and O–H groups in total. The van der Waals surface area contributed by atoms with Crippen LogP contribution in [-0.2, 0) is 0 Å². The molecule has 0 saturated carbocycles. The molecule has 0 atom stereocenters. The Balaban J connectivity index is 2.20. The van der Waals surface area contributed by atoms with Crippen LogP contribution in [-0.4, -0.2) is 22.9 Å². The molecule has 2 aromatic rings. The molecule has 20 heavy (non-hydrogen) atoms. The molecule has 0 aliphatic heterocycles. The Bertz CT molecular complexity index is 646. The zero-order valence-electron chi connectivity index (χ0n) is 10.9. The maximum Gasteiger partial charge on any atom is 0.275 e. The molecule has 1 aromatic heterocycles. The van der Waals surface area contributed by atoms with E-state index in [0.717, 1.165) is 5.56 Å². The van der Waals surface area contributed by atoms with Gasteiger partial charge in [0.25, 0.3) is 5.91 Å². The first-order chi connectivity index (χ1) is 9.51. The molecule has 2 rings (SSSR count). The molecule has 5 nitrogen and oxygen atoms in total. The Kier molecular flexibility index (Phi) is 4.29. The van der Waals surface area contributed by atoms with Crippen LogP contribution in [0.1, 0.15) is 16.1 Å². The number of aryl methyl sites for hydroxylation is 1. The van der Waals surface area contributed by atoms with Gasteiger partial charge in [-0.1, -0.05) is 0 Å². The minimum absolute atomic E-state index is 0.159. The second-order valence-corrected chi connectivity index (χ2v) is 4.93. The molecular weight excluding hydrogens is 327 g/mol. The Morgan fingerprint density at radius 2 is 2.05 bits per heavy atom. The van der Waals surface area contributed by atoms with E-state index in [1.54, 1.807) is 20.0 Å². The van der Waals surface area contributed by atoms with E-state index in [1.807, 2.05) is 0 Å². The van der Waals surface area contributed by atoms with Gasteiger partial charge in [-0.2, -0.15) is 0 Å². The Labute approximate surface area is 123 Å². The monoisotopic (exact) mass is 338 g/mol. The van der Waals surface area contributed by atoms with Crippen LogP contribution in [0.5, 0.6) is 0 Å². The third-order valence-corrected chi connectivity index (χ3v) is 3.26. The second-order valence-electron chi connectivity index (χ2n) is 4.07. The molecule has 1 aromatic carbocycles. The molecule has 0 aliphatic rings. The van der Waals surface area contributed by atoms with E-state index in [2.05, 4.69) is 36.5 Å². The number of hydrogen-bond acceptors (Lipinski definition) is 4. The maximum absolute atomic E-state index is 13.5. The van der Waals surface area contributed by atoms with Gasteiger partial charge in [-0.05, 0) is 40.5 Å². The highest BCUT2D eigenvalue weighted by molar-refractivity contribution is 9.10. The molecule has 7 heteroatoms. The minimum atomic E-state index is -0.442. The summed E-state index contributed by atoms with van der Waals surface area (Å²) >= 11 is 3.09. The lowest BCUT2D eigenvalue weighted by Crippen LogP contribution is -2.15. The van der Waals surface area contributed by atoms with Crippen molar-refractivity contribution in [2.45, 2.75) is 6.92 Å². The summed E-state index contributed by atoms with van der Waals surface area (Å²) in [6.45, 7) is 1.77.